The summed E-state index contributed by atoms with van der Waals surface area (Å²) in [5.41, 5.74) is 8.61. The van der Waals surface area contributed by atoms with E-state index >= 15 is 0 Å². The molecule has 1 saturated carbocycles. The predicted molar refractivity (Wildman–Crippen MR) is 135 cm³/mol. The van der Waals surface area contributed by atoms with Crippen molar-refractivity contribution in [3.05, 3.63) is 53.2 Å². The highest BCUT2D eigenvalue weighted by molar-refractivity contribution is 7.16. The van der Waals surface area contributed by atoms with Crippen LogP contribution in [0.15, 0.2) is 41.9 Å². The molecular weight excluding hydrogens is 432 g/mol. The molecule has 4 N–H and O–H groups in total. The van der Waals surface area contributed by atoms with Crippen LogP contribution in [0, 0.1) is 0 Å². The number of aromatic amines is 1. The number of thiazole rings is 1. The van der Waals surface area contributed by atoms with Gasteiger partial charge in [-0.15, -0.1) is 11.3 Å². The third-order valence-corrected chi connectivity index (χ3v) is 7.62. The monoisotopic (exact) mass is 460 g/mol. The number of H-pyrrole nitrogens is 1. The number of fused-ring (bicyclic) bond motifs is 2. The van der Waals surface area contributed by atoms with Crippen LogP contribution in [0.3, 0.4) is 0 Å². The van der Waals surface area contributed by atoms with E-state index in [0.29, 0.717) is 12.6 Å². The van der Waals surface area contributed by atoms with Crippen molar-refractivity contribution in [1.29, 1.82) is 0 Å². The molecule has 6 rings (SSSR count). The predicted octanol–water partition coefficient (Wildman–Crippen LogP) is 5.24. The van der Waals surface area contributed by atoms with E-state index in [1.165, 1.54) is 23.1 Å². The van der Waals surface area contributed by atoms with Gasteiger partial charge in [0.15, 0.2) is 0 Å². The Hall–Kier alpha value is -3.26. The summed E-state index contributed by atoms with van der Waals surface area (Å²) < 4.78 is 1.18. The molecule has 3 aliphatic rings. The number of carbonyl (C=O) groups excluding carboxylic acids is 1. The molecule has 2 aliphatic heterocycles. The average Bonchev–Trinajstić information content (AvgIpc) is 3.60. The molecule has 8 heteroatoms. The number of nitrogens with one attached hydrogen (secondary N) is 4. The van der Waals surface area contributed by atoms with E-state index in [-0.39, 0.29) is 6.03 Å². The van der Waals surface area contributed by atoms with Crippen LogP contribution >= 0.6 is 11.3 Å². The molecule has 7 nitrogen and oxygen atoms in total. The normalized spacial score (nSPS) is 18.5. The lowest BCUT2D eigenvalue weighted by atomic mass is 10.0. The van der Waals surface area contributed by atoms with Crippen molar-refractivity contribution in [3.8, 4) is 0 Å². The summed E-state index contributed by atoms with van der Waals surface area (Å²) in [5.74, 6) is 1.04. The Bertz CT molecular complexity index is 1250. The second-order valence-corrected chi connectivity index (χ2v) is 9.87. The molecule has 4 heterocycles. The van der Waals surface area contributed by atoms with Crippen molar-refractivity contribution in [2.45, 2.75) is 38.1 Å². The van der Waals surface area contributed by atoms with E-state index in [1.807, 2.05) is 10.4 Å². The summed E-state index contributed by atoms with van der Waals surface area (Å²) in [4.78, 5) is 22.4. The molecule has 2 amide bonds. The molecule has 0 radical (unpaired) electrons. The van der Waals surface area contributed by atoms with Gasteiger partial charge in [-0.05, 0) is 55.2 Å². The first kappa shape index (κ1) is 20.4. The van der Waals surface area contributed by atoms with Gasteiger partial charge in [0.05, 0.1) is 15.7 Å². The van der Waals surface area contributed by atoms with Crippen LogP contribution in [0.2, 0.25) is 0 Å². The van der Waals surface area contributed by atoms with Gasteiger partial charge in [0.1, 0.15) is 5.82 Å². The Balaban J connectivity index is 1.15. The van der Waals surface area contributed by atoms with Gasteiger partial charge >= 0.3 is 6.03 Å². The Labute approximate surface area is 197 Å². The molecule has 3 aromatic rings. The standard InChI is InChI=1S/C25H28N6OS/c32-25(29-17-3-1-2-4-17)31-11-8-16(9-12-31)22-14-19-20(7-10-26-24(19)30-22)28-18-5-6-21-23(13-18)33-15-27-21/h5-8,13-15,17,26,28,30H,1-4,9-12H2,(H,29,32). The van der Waals surface area contributed by atoms with E-state index in [9.17, 15) is 4.79 Å². The van der Waals surface area contributed by atoms with Gasteiger partial charge in [0.25, 0.3) is 0 Å². The number of aromatic nitrogens is 2. The summed E-state index contributed by atoms with van der Waals surface area (Å²) in [6.07, 6.45) is 9.90. The molecule has 0 bridgehead atoms. The molecule has 0 saturated heterocycles. The zero-order valence-corrected chi connectivity index (χ0v) is 19.3. The van der Waals surface area contributed by atoms with Crippen LogP contribution in [-0.4, -0.2) is 46.6 Å². The van der Waals surface area contributed by atoms with Crippen molar-refractivity contribution < 1.29 is 4.79 Å². The Morgan fingerprint density at radius 3 is 2.94 bits per heavy atom. The minimum absolute atomic E-state index is 0.0805. The summed E-state index contributed by atoms with van der Waals surface area (Å²) >= 11 is 1.65. The van der Waals surface area contributed by atoms with Crippen LogP contribution in [0.25, 0.3) is 21.5 Å². The first-order chi connectivity index (χ1) is 16.2. The second kappa shape index (κ2) is 8.59. The van der Waals surface area contributed by atoms with Crippen LogP contribution < -0.4 is 16.0 Å². The Morgan fingerprint density at radius 1 is 1.18 bits per heavy atom. The lowest BCUT2D eigenvalue weighted by molar-refractivity contribution is 0.199. The van der Waals surface area contributed by atoms with Crippen LogP contribution in [-0.2, 0) is 0 Å². The lowest BCUT2D eigenvalue weighted by Gasteiger charge is -2.28. The number of anilines is 2. The van der Waals surface area contributed by atoms with Crippen molar-refractivity contribution in [1.82, 2.24) is 20.2 Å². The third-order valence-electron chi connectivity index (χ3n) is 6.83. The lowest BCUT2D eigenvalue weighted by Crippen LogP contribution is -2.45. The smallest absolute Gasteiger partial charge is 0.317 e. The number of benzene rings is 1. The second-order valence-electron chi connectivity index (χ2n) is 8.99. The molecule has 1 fully saturated rings. The van der Waals surface area contributed by atoms with Crippen molar-refractivity contribution in [2.24, 2.45) is 0 Å². The molecule has 170 valence electrons. The van der Waals surface area contributed by atoms with Crippen LogP contribution in [0.5, 0.6) is 0 Å². The SMILES string of the molecule is O=C(NC1CCCC1)N1CC=C(c2cc3c([nH]2)NCC=C3Nc2ccc3ncsc3c2)CC1. The van der Waals surface area contributed by atoms with E-state index < -0.39 is 0 Å². The topological polar surface area (TPSA) is 85.1 Å². The maximum atomic E-state index is 12.6. The minimum atomic E-state index is 0.0805. The third kappa shape index (κ3) is 4.11. The summed E-state index contributed by atoms with van der Waals surface area (Å²) in [5, 5.41) is 10.2. The van der Waals surface area contributed by atoms with E-state index in [0.717, 1.165) is 66.3 Å². The first-order valence-corrected chi connectivity index (χ1v) is 12.6. The fourth-order valence-electron chi connectivity index (χ4n) is 4.99. The highest BCUT2D eigenvalue weighted by Gasteiger charge is 2.24. The highest BCUT2D eigenvalue weighted by atomic mass is 32.1. The Morgan fingerprint density at radius 2 is 2.09 bits per heavy atom. The van der Waals surface area contributed by atoms with Crippen LogP contribution in [0.1, 0.15) is 43.4 Å². The number of hydrogen-bond donors (Lipinski definition) is 4. The number of nitrogens with zero attached hydrogens (tertiary/aromatic N) is 2. The van der Waals surface area contributed by atoms with Crippen LogP contribution in [0.4, 0.5) is 16.3 Å². The number of hydrogen-bond acceptors (Lipinski definition) is 5. The molecule has 33 heavy (non-hydrogen) atoms. The molecule has 0 atom stereocenters. The van der Waals surface area contributed by atoms with E-state index in [2.05, 4.69) is 62.3 Å². The van der Waals surface area contributed by atoms with Gasteiger partial charge in [-0.2, -0.15) is 0 Å². The average molecular weight is 461 g/mol. The maximum absolute atomic E-state index is 12.6. The van der Waals surface area contributed by atoms with Crippen molar-refractivity contribution in [2.75, 3.05) is 30.3 Å². The van der Waals surface area contributed by atoms with Gasteiger partial charge in [0.2, 0.25) is 0 Å². The summed E-state index contributed by atoms with van der Waals surface area (Å²) in [7, 11) is 0. The van der Waals surface area contributed by atoms with Gasteiger partial charge in [-0.1, -0.05) is 18.9 Å². The van der Waals surface area contributed by atoms with Crippen molar-refractivity contribution >= 4 is 50.4 Å². The van der Waals surface area contributed by atoms with E-state index in [1.54, 1.807) is 11.3 Å². The molecule has 0 unspecified atom stereocenters. The van der Waals surface area contributed by atoms with Gasteiger partial charge in [-0.25, -0.2) is 9.78 Å². The fraction of sp³-hybridized carbons (Fsp3) is 0.360. The molecule has 1 aromatic carbocycles. The summed E-state index contributed by atoms with van der Waals surface area (Å²) in [6, 6.07) is 8.94. The van der Waals surface area contributed by atoms with Crippen molar-refractivity contribution in [3.63, 3.8) is 0 Å². The largest absolute Gasteiger partial charge is 0.368 e. The number of carbonyl (C=O) groups is 1. The molecular formula is C25H28N6OS. The minimum Gasteiger partial charge on any atom is -0.368 e. The zero-order chi connectivity index (χ0) is 22.2. The van der Waals surface area contributed by atoms with Gasteiger partial charge in [0, 0.05) is 48.3 Å². The van der Waals surface area contributed by atoms with Gasteiger partial charge < -0.3 is 25.8 Å². The molecule has 0 spiro atoms. The molecule has 1 aliphatic carbocycles. The number of rotatable bonds is 4. The first-order valence-electron chi connectivity index (χ1n) is 11.8. The number of amides is 2. The zero-order valence-electron chi connectivity index (χ0n) is 18.5. The molecule has 2 aromatic heterocycles. The Kier molecular flexibility index (Phi) is 5.30. The maximum Gasteiger partial charge on any atom is 0.317 e. The van der Waals surface area contributed by atoms with Gasteiger partial charge in [-0.3, -0.25) is 0 Å². The highest BCUT2D eigenvalue weighted by Crippen LogP contribution is 2.34. The van der Waals surface area contributed by atoms with E-state index in [4.69, 9.17) is 0 Å². The quantitative estimate of drug-likeness (QED) is 0.429. The number of urea groups is 1. The fourth-order valence-corrected chi connectivity index (χ4v) is 5.70. The summed E-state index contributed by atoms with van der Waals surface area (Å²) in [6.45, 7) is 2.17.